The van der Waals surface area contributed by atoms with Gasteiger partial charge in [-0.1, -0.05) is 24.3 Å². The number of rotatable bonds is 5. The molecule has 1 aromatic carbocycles. The number of hydrogen-bond acceptors (Lipinski definition) is 8. The molecule has 4 atom stereocenters. The molecule has 0 saturated carbocycles. The van der Waals surface area contributed by atoms with Gasteiger partial charge in [-0.25, -0.2) is 4.79 Å². The Morgan fingerprint density at radius 3 is 2.23 bits per heavy atom. The van der Waals surface area contributed by atoms with Crippen molar-refractivity contribution in [1.82, 2.24) is 0 Å². The van der Waals surface area contributed by atoms with Gasteiger partial charge in [-0.3, -0.25) is 9.59 Å². The molecule has 0 bridgehead atoms. The van der Waals surface area contributed by atoms with Gasteiger partial charge in [-0.15, -0.1) is 0 Å². The maximum absolute atomic E-state index is 12.1. The maximum atomic E-state index is 12.1. The van der Waals surface area contributed by atoms with Gasteiger partial charge >= 0.3 is 17.9 Å². The minimum atomic E-state index is -2.19. The van der Waals surface area contributed by atoms with Crippen molar-refractivity contribution in [3.05, 3.63) is 48.0 Å². The molecule has 0 amide bonds. The van der Waals surface area contributed by atoms with Crippen molar-refractivity contribution in [3.8, 4) is 0 Å². The Balaban J connectivity index is 2.22. The summed E-state index contributed by atoms with van der Waals surface area (Å²) in [5.74, 6) is -2.16. The Hall–Kier alpha value is -2.71. The Bertz CT molecular complexity index is 698. The van der Waals surface area contributed by atoms with E-state index in [0.29, 0.717) is 0 Å². The maximum Gasteiger partial charge on any atom is 0.338 e. The Kier molecular flexibility index (Phi) is 6.12. The van der Waals surface area contributed by atoms with Crippen LogP contribution in [0.2, 0.25) is 0 Å². The van der Waals surface area contributed by atoms with Crippen LogP contribution in [-0.4, -0.2) is 58.6 Å². The number of benzene rings is 1. The topological polar surface area (TPSA) is 119 Å². The number of esters is 3. The molecule has 0 heterocycles. The SMILES string of the molecule is CC(=O)O[C@@H]1C=C[C@@H](O)[C@@](O)(COC(=O)c2ccccc2)[C@H]1OC(C)=O. The molecule has 1 aliphatic rings. The molecule has 0 saturated heterocycles. The zero-order valence-corrected chi connectivity index (χ0v) is 14.3. The zero-order chi connectivity index (χ0) is 19.3. The summed E-state index contributed by atoms with van der Waals surface area (Å²) in [5.41, 5.74) is -1.94. The van der Waals surface area contributed by atoms with Crippen LogP contribution in [0.25, 0.3) is 0 Å². The standard InChI is InChI=1S/C18H20O8/c1-11(19)25-14-8-9-15(21)18(23,16(14)26-12(2)20)10-24-17(22)13-6-4-3-5-7-13/h3-9,14-16,21,23H,10H2,1-2H3/t14-,15-,16+,18+/m1/s1. The summed E-state index contributed by atoms with van der Waals surface area (Å²) in [6.07, 6.45) is -1.62. The van der Waals surface area contributed by atoms with Gasteiger partial charge in [0.15, 0.2) is 17.8 Å². The highest BCUT2D eigenvalue weighted by molar-refractivity contribution is 5.89. The van der Waals surface area contributed by atoms with Gasteiger partial charge in [-0.05, 0) is 18.2 Å². The average molecular weight is 364 g/mol. The summed E-state index contributed by atoms with van der Waals surface area (Å²) in [5, 5.41) is 21.1. The molecule has 0 spiro atoms. The molecule has 2 rings (SSSR count). The Morgan fingerprint density at radius 2 is 1.65 bits per heavy atom. The molecular weight excluding hydrogens is 344 g/mol. The average Bonchev–Trinajstić information content (AvgIpc) is 2.60. The lowest BCUT2D eigenvalue weighted by atomic mass is 9.82. The number of aliphatic hydroxyl groups is 2. The van der Waals surface area contributed by atoms with Crippen molar-refractivity contribution in [1.29, 1.82) is 0 Å². The quantitative estimate of drug-likeness (QED) is 0.437. The number of carbonyl (C=O) groups excluding carboxylic acids is 3. The summed E-state index contributed by atoms with van der Waals surface area (Å²) in [7, 11) is 0. The van der Waals surface area contributed by atoms with Crippen molar-refractivity contribution in [2.75, 3.05) is 6.61 Å². The van der Waals surface area contributed by atoms with E-state index in [1.807, 2.05) is 0 Å². The molecular formula is C18H20O8. The first kappa shape index (κ1) is 19.6. The van der Waals surface area contributed by atoms with E-state index in [-0.39, 0.29) is 5.56 Å². The molecule has 1 aliphatic carbocycles. The second-order valence-corrected chi connectivity index (χ2v) is 5.87. The van der Waals surface area contributed by atoms with E-state index in [9.17, 15) is 24.6 Å². The predicted molar refractivity (Wildman–Crippen MR) is 87.9 cm³/mol. The van der Waals surface area contributed by atoms with Crippen molar-refractivity contribution < 1.29 is 38.8 Å². The summed E-state index contributed by atoms with van der Waals surface area (Å²) in [6.45, 7) is 1.58. The van der Waals surface area contributed by atoms with Gasteiger partial charge in [-0.2, -0.15) is 0 Å². The van der Waals surface area contributed by atoms with Gasteiger partial charge in [0.25, 0.3) is 0 Å². The molecule has 1 aromatic rings. The molecule has 140 valence electrons. The number of carbonyl (C=O) groups is 3. The van der Waals surface area contributed by atoms with E-state index in [2.05, 4.69) is 0 Å². The molecule has 8 heteroatoms. The van der Waals surface area contributed by atoms with Gasteiger partial charge < -0.3 is 24.4 Å². The summed E-state index contributed by atoms with van der Waals surface area (Å²) >= 11 is 0. The van der Waals surface area contributed by atoms with Crippen LogP contribution in [0.5, 0.6) is 0 Å². The molecule has 8 nitrogen and oxygen atoms in total. The second kappa shape index (κ2) is 8.11. The largest absolute Gasteiger partial charge is 0.459 e. The molecule has 0 fully saturated rings. The highest BCUT2D eigenvalue weighted by Crippen LogP contribution is 2.30. The van der Waals surface area contributed by atoms with E-state index < -0.39 is 48.4 Å². The van der Waals surface area contributed by atoms with Crippen molar-refractivity contribution >= 4 is 17.9 Å². The van der Waals surface area contributed by atoms with Crippen molar-refractivity contribution in [2.24, 2.45) is 0 Å². The first-order valence-corrected chi connectivity index (χ1v) is 7.89. The van der Waals surface area contributed by atoms with Gasteiger partial charge in [0.2, 0.25) is 0 Å². The lowest BCUT2D eigenvalue weighted by Gasteiger charge is -2.42. The molecule has 0 aromatic heterocycles. The lowest BCUT2D eigenvalue weighted by molar-refractivity contribution is -0.211. The normalized spacial score (nSPS) is 27.5. The fourth-order valence-electron chi connectivity index (χ4n) is 2.58. The molecule has 0 unspecified atom stereocenters. The lowest BCUT2D eigenvalue weighted by Crippen LogP contribution is -2.63. The second-order valence-electron chi connectivity index (χ2n) is 5.87. The molecule has 26 heavy (non-hydrogen) atoms. The molecule has 0 radical (unpaired) electrons. The number of aliphatic hydroxyl groups excluding tert-OH is 1. The monoisotopic (exact) mass is 364 g/mol. The van der Waals surface area contributed by atoms with E-state index in [4.69, 9.17) is 14.2 Å². The van der Waals surface area contributed by atoms with Crippen LogP contribution in [0, 0.1) is 0 Å². The number of hydrogen-bond donors (Lipinski definition) is 2. The van der Waals surface area contributed by atoms with Crippen molar-refractivity contribution in [3.63, 3.8) is 0 Å². The third-order valence-corrected chi connectivity index (χ3v) is 3.83. The van der Waals surface area contributed by atoms with Crippen LogP contribution in [0.15, 0.2) is 42.5 Å². The van der Waals surface area contributed by atoms with E-state index >= 15 is 0 Å². The minimum absolute atomic E-state index is 0.248. The van der Waals surface area contributed by atoms with E-state index in [1.54, 1.807) is 18.2 Å². The van der Waals surface area contributed by atoms with E-state index in [0.717, 1.165) is 13.8 Å². The fraction of sp³-hybridized carbons (Fsp3) is 0.389. The van der Waals surface area contributed by atoms with Crippen LogP contribution in [-0.2, 0) is 23.8 Å². The van der Waals surface area contributed by atoms with Crippen LogP contribution >= 0.6 is 0 Å². The number of ether oxygens (including phenoxy) is 3. The van der Waals surface area contributed by atoms with Crippen molar-refractivity contribution in [2.45, 2.75) is 37.8 Å². The predicted octanol–water partition coefficient (Wildman–Crippen LogP) is 0.369. The molecule has 2 N–H and O–H groups in total. The first-order chi connectivity index (χ1) is 12.2. The highest BCUT2D eigenvalue weighted by Gasteiger charge is 2.53. The third kappa shape index (κ3) is 4.47. The minimum Gasteiger partial charge on any atom is -0.459 e. The van der Waals surface area contributed by atoms with Crippen LogP contribution in [0.1, 0.15) is 24.2 Å². The van der Waals surface area contributed by atoms with Crippen LogP contribution in [0.3, 0.4) is 0 Å². The van der Waals surface area contributed by atoms with Gasteiger partial charge in [0, 0.05) is 13.8 Å². The third-order valence-electron chi connectivity index (χ3n) is 3.83. The Labute approximate surface area is 150 Å². The molecule has 0 aliphatic heterocycles. The fourth-order valence-corrected chi connectivity index (χ4v) is 2.58. The van der Waals surface area contributed by atoms with E-state index in [1.165, 1.54) is 24.3 Å². The smallest absolute Gasteiger partial charge is 0.338 e. The zero-order valence-electron chi connectivity index (χ0n) is 14.3. The highest BCUT2D eigenvalue weighted by atomic mass is 16.6. The summed E-state index contributed by atoms with van der Waals surface area (Å²) in [4.78, 5) is 34.8. The summed E-state index contributed by atoms with van der Waals surface area (Å²) in [6, 6.07) is 8.05. The van der Waals surface area contributed by atoms with Gasteiger partial charge in [0.1, 0.15) is 12.7 Å². The first-order valence-electron chi connectivity index (χ1n) is 7.89. The van der Waals surface area contributed by atoms with Crippen LogP contribution < -0.4 is 0 Å². The van der Waals surface area contributed by atoms with Crippen LogP contribution in [0.4, 0.5) is 0 Å². The Morgan fingerprint density at radius 1 is 1.04 bits per heavy atom. The summed E-state index contributed by atoms with van der Waals surface area (Å²) < 4.78 is 15.2. The van der Waals surface area contributed by atoms with Gasteiger partial charge in [0.05, 0.1) is 5.56 Å².